The van der Waals surface area contributed by atoms with E-state index in [2.05, 4.69) is 4.98 Å². The van der Waals surface area contributed by atoms with Crippen LogP contribution in [0.4, 0.5) is 0 Å². The molecule has 4 nitrogen and oxygen atoms in total. The summed E-state index contributed by atoms with van der Waals surface area (Å²) in [6, 6.07) is 8.19. The van der Waals surface area contributed by atoms with Gasteiger partial charge < -0.3 is 1.43 Å². The maximum Gasteiger partial charge on any atom is 1.00 e. The van der Waals surface area contributed by atoms with Gasteiger partial charge in [-0.3, -0.25) is 4.55 Å². The molecule has 0 spiro atoms. The van der Waals surface area contributed by atoms with Crippen molar-refractivity contribution in [2.45, 2.75) is 4.90 Å². The molecule has 1 aromatic carbocycles. The zero-order valence-electron chi connectivity index (χ0n) is 9.38. The summed E-state index contributed by atoms with van der Waals surface area (Å²) in [4.78, 5) is 3.50. The fourth-order valence-electron chi connectivity index (χ4n) is 1.25. The standard InChI is InChI=1S/C9H6ClNO3S.K.H/c10-9-8(15(12,13)14)5-6-3-1-2-4-7(6)11-9;;/h1-5H,(H,12,13,14);;/q;+1;-1. The van der Waals surface area contributed by atoms with Crippen LogP contribution in [0.1, 0.15) is 1.43 Å². The Balaban J connectivity index is 0.00000128. The Kier molecular flexibility index (Phi) is 4.91. The first-order valence-corrected chi connectivity index (χ1v) is 5.83. The number of benzene rings is 1. The van der Waals surface area contributed by atoms with E-state index in [1.807, 2.05) is 0 Å². The molecule has 1 heterocycles. The smallest absolute Gasteiger partial charge is 1.00 e. The summed E-state index contributed by atoms with van der Waals surface area (Å²) >= 11 is 5.64. The normalized spacial score (nSPS) is 11.1. The minimum Gasteiger partial charge on any atom is -1.00 e. The zero-order valence-corrected chi connectivity index (χ0v) is 13.1. The fraction of sp³-hybridized carbons (Fsp3) is 0. The van der Waals surface area contributed by atoms with Crippen LogP contribution in [0.25, 0.3) is 10.9 Å². The van der Waals surface area contributed by atoms with Gasteiger partial charge in [0.1, 0.15) is 4.90 Å². The third kappa shape index (κ3) is 3.02. The van der Waals surface area contributed by atoms with Crippen LogP contribution in [-0.2, 0) is 10.1 Å². The number of nitrogens with zero attached hydrogens (tertiary/aromatic N) is 1. The molecule has 16 heavy (non-hydrogen) atoms. The van der Waals surface area contributed by atoms with E-state index in [4.69, 9.17) is 16.2 Å². The summed E-state index contributed by atoms with van der Waals surface area (Å²) in [6.45, 7) is 0. The molecular weight excluding hydrogens is 277 g/mol. The van der Waals surface area contributed by atoms with E-state index in [0.717, 1.165) is 0 Å². The van der Waals surface area contributed by atoms with Gasteiger partial charge in [0.15, 0.2) is 5.15 Å². The number of hydrogen-bond donors (Lipinski definition) is 1. The van der Waals surface area contributed by atoms with Gasteiger partial charge in [0.25, 0.3) is 10.1 Å². The molecule has 0 bridgehead atoms. The largest absolute Gasteiger partial charge is 1.00 e. The maximum atomic E-state index is 10.9. The number of rotatable bonds is 1. The summed E-state index contributed by atoms with van der Waals surface area (Å²) in [5.41, 5.74) is 0.579. The maximum absolute atomic E-state index is 10.9. The number of pyridine rings is 1. The summed E-state index contributed by atoms with van der Waals surface area (Å²) < 4.78 is 30.7. The molecule has 7 heteroatoms. The second-order valence-corrected chi connectivity index (χ2v) is 4.69. The van der Waals surface area contributed by atoms with Crippen molar-refractivity contribution in [3.05, 3.63) is 35.5 Å². The molecule has 0 aliphatic rings. The molecule has 2 rings (SSSR count). The Bertz CT molecular complexity index is 635. The monoisotopic (exact) mass is 283 g/mol. The van der Waals surface area contributed by atoms with E-state index in [9.17, 15) is 8.42 Å². The van der Waals surface area contributed by atoms with Crippen LogP contribution in [-0.4, -0.2) is 18.0 Å². The van der Waals surface area contributed by atoms with Gasteiger partial charge in [-0.05, 0) is 12.1 Å². The first kappa shape index (κ1) is 14.5. The van der Waals surface area contributed by atoms with E-state index in [1.165, 1.54) is 6.07 Å². The Morgan fingerprint density at radius 1 is 1.31 bits per heavy atom. The van der Waals surface area contributed by atoms with E-state index in [1.54, 1.807) is 24.3 Å². The fourth-order valence-corrected chi connectivity index (χ4v) is 2.23. The average molecular weight is 284 g/mol. The van der Waals surface area contributed by atoms with Gasteiger partial charge in [0.2, 0.25) is 0 Å². The molecular formula is C9H7ClKNO3S. The van der Waals surface area contributed by atoms with Gasteiger partial charge in [-0.1, -0.05) is 29.8 Å². The van der Waals surface area contributed by atoms with Crippen molar-refractivity contribution in [3.8, 4) is 0 Å². The van der Waals surface area contributed by atoms with Crippen molar-refractivity contribution in [1.29, 1.82) is 0 Å². The van der Waals surface area contributed by atoms with Crippen LogP contribution < -0.4 is 51.4 Å². The van der Waals surface area contributed by atoms with E-state index < -0.39 is 10.1 Å². The van der Waals surface area contributed by atoms with Crippen molar-refractivity contribution < 1.29 is 65.8 Å². The first-order chi connectivity index (χ1) is 6.98. The van der Waals surface area contributed by atoms with Gasteiger partial charge in [0.05, 0.1) is 5.52 Å². The molecule has 0 saturated heterocycles. The minimum absolute atomic E-state index is 0. The topological polar surface area (TPSA) is 67.3 Å². The van der Waals surface area contributed by atoms with Gasteiger partial charge in [0, 0.05) is 5.39 Å². The number of halogens is 1. The van der Waals surface area contributed by atoms with Crippen LogP contribution in [0.5, 0.6) is 0 Å². The first-order valence-electron chi connectivity index (χ1n) is 4.01. The van der Waals surface area contributed by atoms with Crippen molar-refractivity contribution in [1.82, 2.24) is 4.98 Å². The van der Waals surface area contributed by atoms with Crippen LogP contribution in [0.2, 0.25) is 5.15 Å². The molecule has 0 unspecified atom stereocenters. The summed E-state index contributed by atoms with van der Waals surface area (Å²) in [5.74, 6) is 0. The predicted molar refractivity (Wildman–Crippen MR) is 57.7 cm³/mol. The summed E-state index contributed by atoms with van der Waals surface area (Å²) in [5, 5.41) is 0.380. The third-order valence-electron chi connectivity index (χ3n) is 1.92. The average Bonchev–Trinajstić information content (AvgIpc) is 2.15. The van der Waals surface area contributed by atoms with Gasteiger partial charge in [-0.15, -0.1) is 0 Å². The van der Waals surface area contributed by atoms with E-state index in [0.29, 0.717) is 10.9 Å². The quantitative estimate of drug-likeness (QED) is 0.425. The summed E-state index contributed by atoms with van der Waals surface area (Å²) in [7, 11) is -4.32. The molecule has 0 aliphatic heterocycles. The molecule has 0 saturated carbocycles. The van der Waals surface area contributed by atoms with Crippen molar-refractivity contribution in [2.75, 3.05) is 0 Å². The number of para-hydroxylation sites is 1. The van der Waals surface area contributed by atoms with E-state index in [-0.39, 0.29) is 62.9 Å². The van der Waals surface area contributed by atoms with Gasteiger partial charge in [-0.2, -0.15) is 8.42 Å². The predicted octanol–water partition coefficient (Wildman–Crippen LogP) is -0.749. The Morgan fingerprint density at radius 3 is 2.56 bits per heavy atom. The van der Waals surface area contributed by atoms with Crippen LogP contribution in [0.15, 0.2) is 35.2 Å². The van der Waals surface area contributed by atoms with Crippen LogP contribution in [0, 0.1) is 0 Å². The molecule has 1 N–H and O–H groups in total. The molecule has 1 aromatic heterocycles. The third-order valence-corrected chi connectivity index (χ3v) is 3.19. The second kappa shape index (κ2) is 5.41. The zero-order chi connectivity index (χ0) is 11.1. The Labute approximate surface area is 142 Å². The minimum atomic E-state index is -4.32. The van der Waals surface area contributed by atoms with Crippen LogP contribution >= 0.6 is 11.6 Å². The number of aromatic nitrogens is 1. The number of hydrogen-bond acceptors (Lipinski definition) is 3. The molecule has 0 radical (unpaired) electrons. The SMILES string of the molecule is O=S(=O)(O)c1cc2ccccc2nc1Cl.[H-].[K+]. The van der Waals surface area contributed by atoms with Crippen molar-refractivity contribution >= 4 is 32.6 Å². The summed E-state index contributed by atoms with van der Waals surface area (Å²) in [6.07, 6.45) is 0. The molecule has 0 atom stereocenters. The number of fused-ring (bicyclic) bond motifs is 1. The van der Waals surface area contributed by atoms with E-state index >= 15 is 0 Å². The Morgan fingerprint density at radius 2 is 1.94 bits per heavy atom. The molecule has 80 valence electrons. The molecule has 0 aliphatic carbocycles. The van der Waals surface area contributed by atoms with Gasteiger partial charge in [-0.25, -0.2) is 4.98 Å². The second-order valence-electron chi connectivity index (χ2n) is 2.95. The Hall–Kier alpha value is 0.466. The molecule has 2 aromatic rings. The molecule has 0 fully saturated rings. The molecule has 0 amide bonds. The van der Waals surface area contributed by atoms with Gasteiger partial charge >= 0.3 is 51.4 Å². The van der Waals surface area contributed by atoms with Crippen LogP contribution in [0.3, 0.4) is 0 Å². The van der Waals surface area contributed by atoms with Crippen molar-refractivity contribution in [3.63, 3.8) is 0 Å². The van der Waals surface area contributed by atoms with Crippen molar-refractivity contribution in [2.24, 2.45) is 0 Å².